The summed E-state index contributed by atoms with van der Waals surface area (Å²) in [6.45, 7) is 9.90. The van der Waals surface area contributed by atoms with Crippen molar-refractivity contribution in [2.45, 2.75) is 53.9 Å². The molecule has 1 atom stereocenters. The van der Waals surface area contributed by atoms with E-state index in [2.05, 4.69) is 6.92 Å². The van der Waals surface area contributed by atoms with Crippen molar-refractivity contribution in [1.29, 1.82) is 0 Å². The van der Waals surface area contributed by atoms with Crippen LogP contribution in [0.1, 0.15) is 53.0 Å². The highest BCUT2D eigenvalue weighted by molar-refractivity contribution is 5.76. The van der Waals surface area contributed by atoms with Crippen LogP contribution >= 0.6 is 0 Å². The predicted molar refractivity (Wildman–Crippen MR) is 90.0 cm³/mol. The highest BCUT2D eigenvalue weighted by Gasteiger charge is 2.20. The topological polar surface area (TPSA) is 44.8 Å². The van der Waals surface area contributed by atoms with E-state index in [0.717, 1.165) is 24.8 Å². The maximum atomic E-state index is 12.0. The molecule has 1 aromatic carbocycles. The van der Waals surface area contributed by atoms with Crippen LogP contribution in [0.5, 0.6) is 17.2 Å². The molecular formula is C18H30O4. The molecule has 4 heteroatoms. The summed E-state index contributed by atoms with van der Waals surface area (Å²) in [5.74, 6) is 1.00. The molecule has 0 fully saturated rings. The molecule has 126 valence electrons. The van der Waals surface area contributed by atoms with Gasteiger partial charge in [-0.1, -0.05) is 41.0 Å². The zero-order valence-corrected chi connectivity index (χ0v) is 15.0. The summed E-state index contributed by atoms with van der Waals surface area (Å²) in [4.78, 5) is 12.0. The van der Waals surface area contributed by atoms with Gasteiger partial charge < -0.3 is 14.2 Å². The van der Waals surface area contributed by atoms with Gasteiger partial charge in [0.15, 0.2) is 11.5 Å². The fraction of sp³-hybridized carbons (Fsp3) is 0.611. The lowest BCUT2D eigenvalue weighted by Gasteiger charge is -2.16. The third kappa shape index (κ3) is 5.58. The number of aryl methyl sites for hydroxylation is 1. The van der Waals surface area contributed by atoms with Gasteiger partial charge in [0, 0.05) is 0 Å². The van der Waals surface area contributed by atoms with Crippen LogP contribution in [0, 0.1) is 5.92 Å². The van der Waals surface area contributed by atoms with Crippen molar-refractivity contribution in [2.75, 3.05) is 14.2 Å². The van der Waals surface area contributed by atoms with Crippen LogP contribution in [0.4, 0.5) is 0 Å². The van der Waals surface area contributed by atoms with Gasteiger partial charge in [-0.25, -0.2) is 0 Å². The van der Waals surface area contributed by atoms with Crippen LogP contribution in [0.25, 0.3) is 0 Å². The van der Waals surface area contributed by atoms with Crippen molar-refractivity contribution in [3.63, 3.8) is 0 Å². The minimum absolute atomic E-state index is 0.153. The van der Waals surface area contributed by atoms with Crippen LogP contribution in [0.3, 0.4) is 0 Å². The minimum atomic E-state index is -0.271. The van der Waals surface area contributed by atoms with Gasteiger partial charge in [0.2, 0.25) is 5.75 Å². The van der Waals surface area contributed by atoms with Crippen LogP contribution in [-0.2, 0) is 11.2 Å². The monoisotopic (exact) mass is 310 g/mol. The first-order valence-electron chi connectivity index (χ1n) is 8.03. The molecule has 1 unspecified atom stereocenters. The third-order valence-corrected chi connectivity index (χ3v) is 3.28. The molecule has 0 bridgehead atoms. The van der Waals surface area contributed by atoms with Gasteiger partial charge in [0.1, 0.15) is 0 Å². The summed E-state index contributed by atoms with van der Waals surface area (Å²) in [6.07, 6.45) is 2.68. The second-order valence-corrected chi connectivity index (χ2v) is 4.81. The van der Waals surface area contributed by atoms with E-state index in [1.54, 1.807) is 14.2 Å². The molecule has 4 nitrogen and oxygen atoms in total. The standard InChI is InChI=1S/C16H24O4.C2H6/c1-6-8-12-9-13(18-4)15(14(10-12)19-5)20-16(17)11(3)7-2;1-2/h9-11H,6-8H2,1-5H3;1-2H3. The van der Waals surface area contributed by atoms with Gasteiger partial charge in [-0.3, -0.25) is 4.79 Å². The van der Waals surface area contributed by atoms with Crippen molar-refractivity contribution in [3.8, 4) is 17.2 Å². The lowest BCUT2D eigenvalue weighted by Crippen LogP contribution is -2.17. The van der Waals surface area contributed by atoms with E-state index >= 15 is 0 Å². The Balaban J connectivity index is 0.00000211. The number of carbonyl (C=O) groups is 1. The van der Waals surface area contributed by atoms with Gasteiger partial charge in [0.25, 0.3) is 0 Å². The summed E-state index contributed by atoms with van der Waals surface area (Å²) in [7, 11) is 3.12. The molecule has 0 aliphatic heterocycles. The average molecular weight is 310 g/mol. The Kier molecular flexibility index (Phi) is 10.1. The van der Waals surface area contributed by atoms with Crippen molar-refractivity contribution in [3.05, 3.63) is 17.7 Å². The summed E-state index contributed by atoms with van der Waals surface area (Å²) in [5, 5.41) is 0. The first-order chi connectivity index (χ1) is 10.6. The molecule has 22 heavy (non-hydrogen) atoms. The molecule has 0 radical (unpaired) electrons. The zero-order valence-electron chi connectivity index (χ0n) is 15.0. The van der Waals surface area contributed by atoms with E-state index in [0.29, 0.717) is 17.2 Å². The van der Waals surface area contributed by atoms with Crippen molar-refractivity contribution < 1.29 is 19.0 Å². The Morgan fingerprint density at radius 1 is 1.09 bits per heavy atom. The fourth-order valence-electron chi connectivity index (χ4n) is 1.84. The second kappa shape index (κ2) is 10.9. The maximum absolute atomic E-state index is 12.0. The Labute approximate surface area is 134 Å². The Morgan fingerprint density at radius 3 is 1.95 bits per heavy atom. The number of hydrogen-bond donors (Lipinski definition) is 0. The number of benzene rings is 1. The minimum Gasteiger partial charge on any atom is -0.493 e. The first kappa shape index (κ1) is 20.3. The quantitative estimate of drug-likeness (QED) is 0.544. The number of methoxy groups -OCH3 is 2. The van der Waals surface area contributed by atoms with E-state index in [9.17, 15) is 4.79 Å². The number of esters is 1. The summed E-state index contributed by atoms with van der Waals surface area (Å²) in [6, 6.07) is 3.79. The van der Waals surface area contributed by atoms with Crippen LogP contribution in [0.15, 0.2) is 12.1 Å². The van der Waals surface area contributed by atoms with E-state index in [-0.39, 0.29) is 11.9 Å². The highest BCUT2D eigenvalue weighted by atomic mass is 16.6. The summed E-state index contributed by atoms with van der Waals surface area (Å²) >= 11 is 0. The summed E-state index contributed by atoms with van der Waals surface area (Å²) < 4.78 is 16.1. The SMILES string of the molecule is CC.CCCc1cc(OC)c(OC(=O)C(C)CC)c(OC)c1. The number of ether oxygens (including phenoxy) is 3. The molecular weight excluding hydrogens is 280 g/mol. The third-order valence-electron chi connectivity index (χ3n) is 3.28. The molecule has 1 aromatic rings. The smallest absolute Gasteiger partial charge is 0.314 e. The highest BCUT2D eigenvalue weighted by Crippen LogP contribution is 2.39. The predicted octanol–water partition coefficient (Wildman–Crippen LogP) is 4.63. The largest absolute Gasteiger partial charge is 0.493 e. The number of rotatable bonds is 7. The van der Waals surface area contributed by atoms with E-state index in [4.69, 9.17) is 14.2 Å². The first-order valence-corrected chi connectivity index (χ1v) is 8.03. The normalized spacial score (nSPS) is 11.0. The molecule has 0 aliphatic rings. The van der Waals surface area contributed by atoms with Crippen molar-refractivity contribution in [1.82, 2.24) is 0 Å². The Morgan fingerprint density at radius 2 is 1.59 bits per heavy atom. The van der Waals surface area contributed by atoms with Crippen LogP contribution in [-0.4, -0.2) is 20.2 Å². The molecule has 0 saturated heterocycles. The molecule has 0 spiro atoms. The zero-order chi connectivity index (χ0) is 17.1. The molecule has 0 heterocycles. The Hall–Kier alpha value is -1.71. The van der Waals surface area contributed by atoms with E-state index in [1.165, 1.54) is 0 Å². The molecule has 0 aromatic heterocycles. The lowest BCUT2D eigenvalue weighted by molar-refractivity contribution is -0.138. The summed E-state index contributed by atoms with van der Waals surface area (Å²) in [5.41, 5.74) is 1.10. The van der Waals surface area contributed by atoms with Gasteiger partial charge in [-0.15, -0.1) is 0 Å². The van der Waals surface area contributed by atoms with Gasteiger partial charge >= 0.3 is 5.97 Å². The maximum Gasteiger partial charge on any atom is 0.314 e. The number of hydrogen-bond acceptors (Lipinski definition) is 4. The molecule has 0 N–H and O–H groups in total. The van der Waals surface area contributed by atoms with Gasteiger partial charge in [-0.05, 0) is 30.5 Å². The molecule has 0 saturated carbocycles. The van der Waals surface area contributed by atoms with Crippen molar-refractivity contribution in [2.24, 2.45) is 5.92 Å². The Bertz CT molecular complexity index is 429. The van der Waals surface area contributed by atoms with Crippen molar-refractivity contribution >= 4 is 5.97 Å². The van der Waals surface area contributed by atoms with Crippen LogP contribution < -0.4 is 14.2 Å². The molecule has 0 amide bonds. The number of carbonyl (C=O) groups excluding carboxylic acids is 1. The van der Waals surface area contributed by atoms with Crippen LogP contribution in [0.2, 0.25) is 0 Å². The second-order valence-electron chi connectivity index (χ2n) is 4.81. The van der Waals surface area contributed by atoms with Gasteiger partial charge in [-0.2, -0.15) is 0 Å². The van der Waals surface area contributed by atoms with E-state index < -0.39 is 0 Å². The average Bonchev–Trinajstić information content (AvgIpc) is 2.56. The molecule has 0 aliphatic carbocycles. The van der Waals surface area contributed by atoms with Gasteiger partial charge in [0.05, 0.1) is 20.1 Å². The lowest BCUT2D eigenvalue weighted by atomic mass is 10.1. The van der Waals surface area contributed by atoms with E-state index in [1.807, 2.05) is 39.8 Å². The fourth-order valence-corrected chi connectivity index (χ4v) is 1.84. The molecule has 1 rings (SSSR count).